The predicted molar refractivity (Wildman–Crippen MR) is 72.1 cm³/mol. The predicted octanol–water partition coefficient (Wildman–Crippen LogP) is -0.666. The Morgan fingerprint density at radius 1 is 1.32 bits per heavy atom. The second-order valence-corrected chi connectivity index (χ2v) is 5.48. The van der Waals surface area contributed by atoms with Crippen LogP contribution < -0.4 is 15.8 Å². The lowest BCUT2D eigenvalue weighted by atomic mass is 10.2. The topological polar surface area (TPSA) is 114 Å². The fourth-order valence-corrected chi connectivity index (χ4v) is 2.13. The van der Waals surface area contributed by atoms with Crippen LogP contribution in [0.2, 0.25) is 0 Å². The summed E-state index contributed by atoms with van der Waals surface area (Å²) in [7, 11) is -2.32. The molecule has 0 atom stereocenters. The molecule has 0 radical (unpaired) electrons. The third-order valence-corrected chi connectivity index (χ3v) is 3.61. The monoisotopic (exact) mass is 284 g/mol. The number of rotatable bonds is 4. The third kappa shape index (κ3) is 4.59. The molecule has 7 nitrogen and oxygen atoms in total. The van der Waals surface area contributed by atoms with Crippen molar-refractivity contribution in [2.45, 2.75) is 11.8 Å². The SMILES string of the molecule is CNC(=O)CN=C(N)NS(=O)(=O)c1ccc(C)cc1. The zero-order chi connectivity index (χ0) is 14.5. The highest BCUT2D eigenvalue weighted by Gasteiger charge is 2.14. The summed E-state index contributed by atoms with van der Waals surface area (Å²) in [5.41, 5.74) is 6.35. The van der Waals surface area contributed by atoms with Crippen LogP contribution in [0.25, 0.3) is 0 Å². The van der Waals surface area contributed by atoms with Crippen molar-refractivity contribution in [3.63, 3.8) is 0 Å². The van der Waals surface area contributed by atoms with E-state index in [4.69, 9.17) is 5.73 Å². The van der Waals surface area contributed by atoms with Gasteiger partial charge in [-0.05, 0) is 19.1 Å². The molecular weight excluding hydrogens is 268 g/mol. The quantitative estimate of drug-likeness (QED) is 0.503. The molecule has 0 heterocycles. The molecule has 0 aliphatic carbocycles. The first-order chi connectivity index (χ1) is 8.85. The van der Waals surface area contributed by atoms with Gasteiger partial charge < -0.3 is 11.1 Å². The average Bonchev–Trinajstić information content (AvgIpc) is 2.36. The minimum Gasteiger partial charge on any atom is -0.369 e. The molecule has 0 bridgehead atoms. The summed E-state index contributed by atoms with van der Waals surface area (Å²) in [5, 5.41) is 2.34. The number of amides is 1. The van der Waals surface area contributed by atoms with E-state index < -0.39 is 10.0 Å². The molecule has 1 aromatic rings. The number of likely N-dealkylation sites (N-methyl/N-ethyl adjacent to an activating group) is 1. The van der Waals surface area contributed by atoms with E-state index in [-0.39, 0.29) is 23.3 Å². The lowest BCUT2D eigenvalue weighted by molar-refractivity contribution is -0.119. The van der Waals surface area contributed by atoms with Crippen molar-refractivity contribution < 1.29 is 13.2 Å². The van der Waals surface area contributed by atoms with Gasteiger partial charge in [-0.15, -0.1) is 0 Å². The maximum absolute atomic E-state index is 11.9. The van der Waals surface area contributed by atoms with Crippen molar-refractivity contribution in [2.75, 3.05) is 13.6 Å². The molecule has 104 valence electrons. The molecule has 0 aromatic heterocycles. The number of nitrogens with two attached hydrogens (primary N) is 1. The van der Waals surface area contributed by atoms with Gasteiger partial charge >= 0.3 is 0 Å². The van der Waals surface area contributed by atoms with E-state index in [1.807, 2.05) is 6.92 Å². The number of carbonyl (C=O) groups is 1. The minimum absolute atomic E-state index is 0.0798. The second-order valence-electron chi connectivity index (χ2n) is 3.79. The molecule has 1 rings (SSSR count). The zero-order valence-electron chi connectivity index (χ0n) is 10.7. The lowest BCUT2D eigenvalue weighted by Gasteiger charge is -2.07. The Morgan fingerprint density at radius 2 is 1.89 bits per heavy atom. The van der Waals surface area contributed by atoms with E-state index in [9.17, 15) is 13.2 Å². The van der Waals surface area contributed by atoms with E-state index in [0.717, 1.165) is 5.56 Å². The number of aryl methyl sites for hydroxylation is 1. The van der Waals surface area contributed by atoms with Crippen LogP contribution in [0.3, 0.4) is 0 Å². The Labute approximate surface area is 112 Å². The summed E-state index contributed by atoms with van der Waals surface area (Å²) in [6.07, 6.45) is 0. The average molecular weight is 284 g/mol. The van der Waals surface area contributed by atoms with Gasteiger partial charge in [0.05, 0.1) is 4.90 Å². The molecule has 0 saturated carbocycles. The summed E-state index contributed by atoms with van der Waals surface area (Å²) in [6.45, 7) is 1.61. The Bertz CT molecular complexity index is 578. The standard InChI is InChI=1S/C11H16N4O3S/c1-8-3-5-9(6-4-8)19(17,18)15-11(12)14-7-10(16)13-2/h3-6H,7H2,1-2H3,(H,13,16)(H3,12,14,15). The highest BCUT2D eigenvalue weighted by atomic mass is 32.2. The summed E-state index contributed by atoms with van der Waals surface area (Å²) < 4.78 is 25.9. The summed E-state index contributed by atoms with van der Waals surface area (Å²) in [5.74, 6) is -0.693. The van der Waals surface area contributed by atoms with Gasteiger partial charge in [0.1, 0.15) is 6.54 Å². The van der Waals surface area contributed by atoms with Crippen molar-refractivity contribution in [1.29, 1.82) is 0 Å². The molecule has 1 aromatic carbocycles. The Hall–Kier alpha value is -2.09. The molecule has 4 N–H and O–H groups in total. The molecule has 0 aliphatic rings. The number of sulfonamides is 1. The Balaban J connectivity index is 2.80. The molecule has 19 heavy (non-hydrogen) atoms. The molecule has 8 heteroatoms. The number of aliphatic imine (C=N–C) groups is 1. The van der Waals surface area contributed by atoms with Crippen LogP contribution in [0.5, 0.6) is 0 Å². The van der Waals surface area contributed by atoms with Crippen LogP contribution in [0, 0.1) is 6.92 Å². The third-order valence-electron chi connectivity index (χ3n) is 2.24. The molecule has 1 amide bonds. The van der Waals surface area contributed by atoms with Crippen molar-refractivity contribution in [3.8, 4) is 0 Å². The van der Waals surface area contributed by atoms with Gasteiger partial charge in [0.2, 0.25) is 11.9 Å². The fourth-order valence-electron chi connectivity index (χ4n) is 1.18. The normalized spacial score (nSPS) is 12.0. The number of guanidine groups is 1. The molecule has 0 spiro atoms. The fraction of sp³-hybridized carbons (Fsp3) is 0.273. The van der Waals surface area contributed by atoms with Crippen molar-refractivity contribution in [1.82, 2.24) is 10.0 Å². The largest absolute Gasteiger partial charge is 0.369 e. The van der Waals surface area contributed by atoms with Crippen LogP contribution in [-0.2, 0) is 14.8 Å². The molecule has 0 saturated heterocycles. The van der Waals surface area contributed by atoms with Gasteiger partial charge in [-0.2, -0.15) is 0 Å². The summed E-state index contributed by atoms with van der Waals surface area (Å²) in [6, 6.07) is 6.27. The highest BCUT2D eigenvalue weighted by molar-refractivity contribution is 7.90. The van der Waals surface area contributed by atoms with E-state index in [1.54, 1.807) is 12.1 Å². The Kier molecular flexibility index (Phi) is 4.87. The van der Waals surface area contributed by atoms with Gasteiger partial charge in [-0.3, -0.25) is 4.79 Å². The highest BCUT2D eigenvalue weighted by Crippen LogP contribution is 2.09. The van der Waals surface area contributed by atoms with Crippen LogP contribution >= 0.6 is 0 Å². The number of hydrogen-bond acceptors (Lipinski definition) is 4. The number of nitrogens with one attached hydrogen (secondary N) is 2. The lowest BCUT2D eigenvalue weighted by Crippen LogP contribution is -2.37. The molecule has 0 unspecified atom stereocenters. The van der Waals surface area contributed by atoms with Crippen molar-refractivity contribution in [2.24, 2.45) is 10.7 Å². The molecule has 0 fully saturated rings. The maximum atomic E-state index is 11.9. The second kappa shape index (κ2) is 6.19. The summed E-state index contributed by atoms with van der Waals surface area (Å²) in [4.78, 5) is 14.6. The van der Waals surface area contributed by atoms with Gasteiger partial charge in [-0.1, -0.05) is 17.7 Å². The van der Waals surface area contributed by atoms with Crippen LogP contribution in [0.4, 0.5) is 0 Å². The van der Waals surface area contributed by atoms with Gasteiger partial charge in [-0.25, -0.2) is 18.1 Å². The van der Waals surface area contributed by atoms with Crippen LogP contribution in [-0.4, -0.2) is 33.9 Å². The molecule has 0 aliphatic heterocycles. The smallest absolute Gasteiger partial charge is 0.264 e. The van der Waals surface area contributed by atoms with Crippen LogP contribution in [0.15, 0.2) is 34.2 Å². The van der Waals surface area contributed by atoms with Gasteiger partial charge in [0, 0.05) is 7.05 Å². The molecular formula is C11H16N4O3S. The van der Waals surface area contributed by atoms with Crippen molar-refractivity contribution >= 4 is 21.9 Å². The van der Waals surface area contributed by atoms with E-state index in [2.05, 4.69) is 15.0 Å². The van der Waals surface area contributed by atoms with Crippen molar-refractivity contribution in [3.05, 3.63) is 29.8 Å². The first-order valence-electron chi connectivity index (χ1n) is 5.45. The van der Waals surface area contributed by atoms with Gasteiger partial charge in [0.25, 0.3) is 10.0 Å². The first-order valence-corrected chi connectivity index (χ1v) is 6.93. The van der Waals surface area contributed by atoms with E-state index in [1.165, 1.54) is 19.2 Å². The van der Waals surface area contributed by atoms with E-state index in [0.29, 0.717) is 0 Å². The number of nitrogens with zero attached hydrogens (tertiary/aromatic N) is 1. The first kappa shape index (κ1) is 15.0. The Morgan fingerprint density at radius 3 is 2.42 bits per heavy atom. The number of hydrogen-bond donors (Lipinski definition) is 3. The van der Waals surface area contributed by atoms with Gasteiger partial charge in [0.15, 0.2) is 0 Å². The zero-order valence-corrected chi connectivity index (χ0v) is 11.5. The summed E-state index contributed by atoms with van der Waals surface area (Å²) >= 11 is 0. The number of carbonyl (C=O) groups excluding carboxylic acids is 1. The minimum atomic E-state index is -3.77. The van der Waals surface area contributed by atoms with E-state index >= 15 is 0 Å². The van der Waals surface area contributed by atoms with Crippen LogP contribution in [0.1, 0.15) is 5.56 Å². The maximum Gasteiger partial charge on any atom is 0.264 e. The number of benzene rings is 1.